The first-order valence-corrected chi connectivity index (χ1v) is 12.0. The number of nitrogens with zero attached hydrogens (tertiary/aromatic N) is 6. The van der Waals surface area contributed by atoms with Gasteiger partial charge in [0.05, 0.1) is 12.2 Å². The van der Waals surface area contributed by atoms with Gasteiger partial charge in [0.2, 0.25) is 0 Å². The van der Waals surface area contributed by atoms with Gasteiger partial charge >= 0.3 is 6.18 Å². The third-order valence-corrected chi connectivity index (χ3v) is 6.58. The van der Waals surface area contributed by atoms with Crippen LogP contribution >= 0.6 is 0 Å². The van der Waals surface area contributed by atoms with Crippen molar-refractivity contribution in [1.29, 1.82) is 0 Å². The molecule has 0 radical (unpaired) electrons. The van der Waals surface area contributed by atoms with Crippen molar-refractivity contribution >= 4 is 5.69 Å². The Hall–Kier alpha value is -3.79. The molecule has 0 amide bonds. The minimum Gasteiger partial charge on any atom is -0.310 e. The van der Waals surface area contributed by atoms with Crippen LogP contribution in [-0.4, -0.2) is 43.9 Å². The van der Waals surface area contributed by atoms with Gasteiger partial charge in [0.25, 0.3) is 0 Å². The number of hydrogen-bond donors (Lipinski definition) is 1. The molecule has 0 unspecified atom stereocenters. The van der Waals surface area contributed by atoms with Crippen molar-refractivity contribution in [3.05, 3.63) is 78.6 Å². The first kappa shape index (κ1) is 22.7. The van der Waals surface area contributed by atoms with E-state index in [1.807, 2.05) is 59.5 Å². The van der Waals surface area contributed by atoms with Crippen molar-refractivity contribution in [2.24, 2.45) is 0 Å². The Morgan fingerprint density at radius 1 is 1.03 bits per heavy atom. The zero-order chi connectivity index (χ0) is 24.7. The van der Waals surface area contributed by atoms with Crippen molar-refractivity contribution in [3.63, 3.8) is 0 Å². The molecular formula is C26H25F3N7+. The highest BCUT2D eigenvalue weighted by molar-refractivity contribution is 5.63. The van der Waals surface area contributed by atoms with Crippen LogP contribution in [0, 0.1) is 0 Å². The first-order valence-electron chi connectivity index (χ1n) is 12.0. The lowest BCUT2D eigenvalue weighted by Crippen LogP contribution is -2.41. The molecule has 1 aliphatic heterocycles. The van der Waals surface area contributed by atoms with E-state index in [0.717, 1.165) is 52.3 Å². The third-order valence-electron chi connectivity index (χ3n) is 6.58. The maximum absolute atomic E-state index is 12.8. The van der Waals surface area contributed by atoms with Gasteiger partial charge < -0.3 is 4.57 Å². The van der Waals surface area contributed by atoms with Crippen LogP contribution in [0.25, 0.3) is 22.5 Å². The summed E-state index contributed by atoms with van der Waals surface area (Å²) in [6.07, 6.45) is 6.06. The molecule has 10 heteroatoms. The molecule has 1 saturated carbocycles. The maximum atomic E-state index is 12.8. The second-order valence-corrected chi connectivity index (χ2v) is 9.39. The SMILES string of the molecule is FC(F)(F)CN1CCc2ncc(-c3cc[n+](Nc4cccc(-c5nncn5C5CC5)c4)cc3)cc2C1. The Morgan fingerprint density at radius 3 is 2.64 bits per heavy atom. The molecule has 1 fully saturated rings. The van der Waals surface area contributed by atoms with Crippen molar-refractivity contribution in [2.45, 2.75) is 38.0 Å². The fourth-order valence-electron chi connectivity index (χ4n) is 4.67. The molecule has 4 heterocycles. The van der Waals surface area contributed by atoms with E-state index in [4.69, 9.17) is 0 Å². The van der Waals surface area contributed by atoms with E-state index in [1.54, 1.807) is 12.5 Å². The number of nitrogens with one attached hydrogen (secondary N) is 1. The Labute approximate surface area is 206 Å². The summed E-state index contributed by atoms with van der Waals surface area (Å²) in [6, 6.07) is 14.4. The number of fused-ring (bicyclic) bond motifs is 1. The fraction of sp³-hybridized carbons (Fsp3) is 0.308. The minimum atomic E-state index is -4.20. The molecule has 0 atom stereocenters. The highest BCUT2D eigenvalue weighted by atomic mass is 19.4. The normalized spacial score (nSPS) is 16.1. The fourth-order valence-corrected chi connectivity index (χ4v) is 4.67. The Balaban J connectivity index is 1.17. The van der Waals surface area contributed by atoms with Crippen LogP contribution in [0.2, 0.25) is 0 Å². The predicted octanol–water partition coefficient (Wildman–Crippen LogP) is 4.43. The van der Waals surface area contributed by atoms with Gasteiger partial charge in [0.15, 0.2) is 18.2 Å². The molecule has 4 aromatic rings. The predicted molar refractivity (Wildman–Crippen MR) is 128 cm³/mol. The summed E-state index contributed by atoms with van der Waals surface area (Å²) in [7, 11) is 0. The Morgan fingerprint density at radius 2 is 1.86 bits per heavy atom. The topological polar surface area (TPSA) is 62.8 Å². The number of hydrogen-bond acceptors (Lipinski definition) is 5. The Bertz CT molecular complexity index is 1380. The van der Waals surface area contributed by atoms with Gasteiger partial charge in [-0.05, 0) is 42.2 Å². The lowest BCUT2D eigenvalue weighted by molar-refractivity contribution is -0.642. The van der Waals surface area contributed by atoms with Crippen LogP contribution < -0.4 is 10.1 Å². The van der Waals surface area contributed by atoms with E-state index in [9.17, 15) is 13.2 Å². The average Bonchev–Trinajstić information content (AvgIpc) is 3.59. The highest BCUT2D eigenvalue weighted by Crippen LogP contribution is 2.37. The third kappa shape index (κ3) is 4.94. The van der Waals surface area contributed by atoms with E-state index >= 15 is 0 Å². The van der Waals surface area contributed by atoms with Gasteiger partial charge in [0.1, 0.15) is 6.33 Å². The van der Waals surface area contributed by atoms with Crippen LogP contribution in [0.4, 0.5) is 18.9 Å². The molecule has 1 aromatic carbocycles. The van der Waals surface area contributed by atoms with Gasteiger partial charge in [-0.2, -0.15) is 18.6 Å². The molecule has 0 spiro atoms. The number of halogens is 3. The standard InChI is InChI=1S/C26H25F3N7/c27-26(28,29)16-34-9-8-24-21(15-34)12-20(14-30-24)18-6-10-35(11-7-18)33-22-3-1-2-19(13-22)25-32-31-17-36(25)23-4-5-23/h1-3,6-7,10-14,17,23,33H,4-5,8-9,15-16H2/q+1. The smallest absolute Gasteiger partial charge is 0.310 e. The molecule has 3 aromatic heterocycles. The van der Waals surface area contributed by atoms with Gasteiger partial charge in [-0.15, -0.1) is 10.2 Å². The van der Waals surface area contributed by atoms with Crippen LogP contribution in [-0.2, 0) is 13.0 Å². The van der Waals surface area contributed by atoms with E-state index in [2.05, 4.69) is 25.2 Å². The minimum absolute atomic E-state index is 0.259. The molecule has 0 bridgehead atoms. The summed E-state index contributed by atoms with van der Waals surface area (Å²) in [5, 5.41) is 8.40. The summed E-state index contributed by atoms with van der Waals surface area (Å²) in [5.74, 6) is 0.871. The summed E-state index contributed by atoms with van der Waals surface area (Å²) in [4.78, 5) is 5.96. The molecule has 7 nitrogen and oxygen atoms in total. The number of anilines is 1. The number of benzene rings is 1. The molecule has 6 rings (SSSR count). The molecule has 0 saturated heterocycles. The number of aromatic nitrogens is 5. The van der Waals surface area contributed by atoms with Gasteiger partial charge in [0, 0.05) is 60.7 Å². The summed E-state index contributed by atoms with van der Waals surface area (Å²) in [5.41, 5.74) is 8.84. The molecule has 1 aliphatic carbocycles. The summed E-state index contributed by atoms with van der Waals surface area (Å²) in [6.45, 7) is -0.265. The molecule has 36 heavy (non-hydrogen) atoms. The lowest BCUT2D eigenvalue weighted by atomic mass is 10.0. The zero-order valence-corrected chi connectivity index (χ0v) is 19.5. The molecular weight excluding hydrogens is 467 g/mol. The number of rotatable bonds is 6. The molecule has 184 valence electrons. The van der Waals surface area contributed by atoms with Crippen molar-refractivity contribution in [1.82, 2.24) is 24.6 Å². The number of alkyl halides is 3. The van der Waals surface area contributed by atoms with E-state index in [0.29, 0.717) is 19.0 Å². The van der Waals surface area contributed by atoms with E-state index < -0.39 is 12.7 Å². The van der Waals surface area contributed by atoms with Crippen molar-refractivity contribution < 1.29 is 17.8 Å². The van der Waals surface area contributed by atoms with Crippen LogP contribution in [0.1, 0.15) is 30.1 Å². The molecule has 2 aliphatic rings. The summed E-state index contributed by atoms with van der Waals surface area (Å²) < 4.78 is 42.5. The zero-order valence-electron chi connectivity index (χ0n) is 19.5. The van der Waals surface area contributed by atoms with Gasteiger partial charge in [-0.25, -0.2) is 0 Å². The summed E-state index contributed by atoms with van der Waals surface area (Å²) >= 11 is 0. The quantitative estimate of drug-likeness (QED) is 0.404. The van der Waals surface area contributed by atoms with Gasteiger partial charge in [-0.1, -0.05) is 16.8 Å². The largest absolute Gasteiger partial charge is 0.401 e. The van der Waals surface area contributed by atoms with Crippen LogP contribution in [0.15, 0.2) is 67.4 Å². The number of pyridine rings is 2. The first-order chi connectivity index (χ1) is 17.4. The second kappa shape index (κ2) is 9.02. The second-order valence-electron chi connectivity index (χ2n) is 9.39. The highest BCUT2D eigenvalue weighted by Gasteiger charge is 2.32. The molecule has 1 N–H and O–H groups in total. The maximum Gasteiger partial charge on any atom is 0.401 e. The van der Waals surface area contributed by atoms with Crippen LogP contribution in [0.5, 0.6) is 0 Å². The van der Waals surface area contributed by atoms with Crippen molar-refractivity contribution in [3.8, 4) is 22.5 Å². The average molecular weight is 493 g/mol. The van der Waals surface area contributed by atoms with E-state index in [1.165, 1.54) is 4.90 Å². The van der Waals surface area contributed by atoms with Crippen molar-refractivity contribution in [2.75, 3.05) is 18.5 Å². The van der Waals surface area contributed by atoms with Crippen LogP contribution in [0.3, 0.4) is 0 Å². The Kier molecular flexibility index (Phi) is 5.67. The van der Waals surface area contributed by atoms with E-state index in [-0.39, 0.29) is 6.54 Å². The van der Waals surface area contributed by atoms with Gasteiger partial charge in [-0.3, -0.25) is 9.88 Å². The monoisotopic (exact) mass is 492 g/mol. The lowest BCUT2D eigenvalue weighted by Gasteiger charge is -2.29.